The molecule has 0 spiro atoms. The molecular formula is C21H19O13S-. The molecule has 2 aromatic carbocycles. The Balaban J connectivity index is 1.73. The van der Waals surface area contributed by atoms with Crippen LogP contribution in [-0.2, 0) is 19.3 Å². The predicted octanol–water partition coefficient (Wildman–Crippen LogP) is -0.466. The normalized spacial score (nSPS) is 25.0. The van der Waals surface area contributed by atoms with Crippen LogP contribution in [0.2, 0.25) is 0 Å². The van der Waals surface area contributed by atoms with E-state index < -0.39 is 58.9 Å². The molecule has 14 heteroatoms. The van der Waals surface area contributed by atoms with E-state index >= 15 is 0 Å². The van der Waals surface area contributed by atoms with Gasteiger partial charge in [-0.05, 0) is 24.3 Å². The van der Waals surface area contributed by atoms with Crippen molar-refractivity contribution in [2.24, 2.45) is 0 Å². The van der Waals surface area contributed by atoms with Gasteiger partial charge >= 0.3 is 0 Å². The van der Waals surface area contributed by atoms with Gasteiger partial charge in [0, 0.05) is 23.8 Å². The Bertz CT molecular complexity index is 1380. The molecule has 35 heavy (non-hydrogen) atoms. The van der Waals surface area contributed by atoms with Crippen molar-refractivity contribution in [2.45, 2.75) is 30.7 Å². The van der Waals surface area contributed by atoms with Gasteiger partial charge in [0.15, 0.2) is 11.5 Å². The summed E-state index contributed by atoms with van der Waals surface area (Å²) in [5.74, 6) is -0.760. The van der Waals surface area contributed by atoms with Gasteiger partial charge in [-0.2, -0.15) is 0 Å². The number of rotatable bonds is 6. The quantitative estimate of drug-likeness (QED) is 0.209. The van der Waals surface area contributed by atoms with Crippen molar-refractivity contribution in [3.63, 3.8) is 0 Å². The average molecular weight is 511 g/mol. The number of hydrogen-bond acceptors (Lipinski definition) is 13. The van der Waals surface area contributed by atoms with E-state index in [2.05, 4.69) is 4.18 Å². The molecule has 0 radical (unpaired) electrons. The first-order chi connectivity index (χ1) is 16.5. The summed E-state index contributed by atoms with van der Waals surface area (Å²) in [5.41, 5.74) is -0.329. The molecule has 0 aliphatic carbocycles. The number of aromatic hydroxyl groups is 2. The van der Waals surface area contributed by atoms with Crippen LogP contribution in [0.1, 0.15) is 0 Å². The fourth-order valence-corrected chi connectivity index (χ4v) is 4.08. The molecule has 2 heterocycles. The Kier molecular flexibility index (Phi) is 6.70. The number of benzene rings is 2. The van der Waals surface area contributed by atoms with E-state index in [0.29, 0.717) is 5.56 Å². The van der Waals surface area contributed by atoms with Gasteiger partial charge in [-0.3, -0.25) is 8.98 Å². The summed E-state index contributed by atoms with van der Waals surface area (Å²) in [6.45, 7) is -0.803. The Labute approximate surface area is 196 Å². The highest BCUT2D eigenvalue weighted by atomic mass is 32.3. The number of fused-ring (bicyclic) bond motifs is 1. The second-order valence-corrected chi connectivity index (χ2v) is 8.64. The summed E-state index contributed by atoms with van der Waals surface area (Å²) < 4.78 is 54.1. The van der Waals surface area contributed by atoms with Crippen LogP contribution in [-0.4, -0.2) is 75.8 Å². The smallest absolute Gasteiger partial charge is 0.230 e. The number of ether oxygens (including phenoxy) is 2. The largest absolute Gasteiger partial charge is 0.726 e. The van der Waals surface area contributed by atoms with Crippen molar-refractivity contribution in [1.82, 2.24) is 0 Å². The molecular weight excluding hydrogens is 492 g/mol. The zero-order chi connectivity index (χ0) is 25.5. The van der Waals surface area contributed by atoms with Crippen LogP contribution in [0.25, 0.3) is 22.3 Å². The molecule has 0 unspecified atom stereocenters. The molecule has 4 rings (SSSR count). The maximum Gasteiger partial charge on any atom is 0.230 e. The number of phenolic OH excluding ortho intramolecular Hbond substituents is 2. The van der Waals surface area contributed by atoms with Gasteiger partial charge in [0.25, 0.3) is 0 Å². The molecule has 5 N–H and O–H groups in total. The third-order valence-corrected chi connectivity index (χ3v) is 5.70. The van der Waals surface area contributed by atoms with Crippen LogP contribution in [0.5, 0.6) is 17.2 Å². The minimum Gasteiger partial charge on any atom is -0.726 e. The SMILES string of the molecule is O=c1cc(-c2ccc(O)cc2)oc2cc(O[C@@H]3O[C@H](CO)[C@@H](O)[C@H](O)[C@H]3OS(=O)(=O)[O-])cc(O)c12. The topological polar surface area (TPSA) is 216 Å². The third-order valence-electron chi connectivity index (χ3n) is 5.24. The van der Waals surface area contributed by atoms with Crippen LogP contribution < -0.4 is 10.2 Å². The van der Waals surface area contributed by atoms with E-state index in [0.717, 1.165) is 18.2 Å². The van der Waals surface area contributed by atoms with Crippen molar-refractivity contribution < 1.29 is 56.6 Å². The van der Waals surface area contributed by atoms with Gasteiger partial charge in [-0.1, -0.05) is 0 Å². The van der Waals surface area contributed by atoms with Crippen molar-refractivity contribution in [3.05, 3.63) is 52.7 Å². The van der Waals surface area contributed by atoms with E-state index in [9.17, 15) is 43.3 Å². The number of aliphatic hydroxyl groups excluding tert-OH is 3. The van der Waals surface area contributed by atoms with E-state index in [1.807, 2.05) is 0 Å². The highest BCUT2D eigenvalue weighted by Gasteiger charge is 2.47. The van der Waals surface area contributed by atoms with Gasteiger partial charge in [0.2, 0.25) is 16.7 Å². The van der Waals surface area contributed by atoms with Crippen LogP contribution in [0, 0.1) is 0 Å². The van der Waals surface area contributed by atoms with E-state index in [4.69, 9.17) is 13.9 Å². The number of hydrogen-bond donors (Lipinski definition) is 5. The summed E-state index contributed by atoms with van der Waals surface area (Å²) in [7, 11) is -5.39. The molecule has 5 atom stereocenters. The standard InChI is InChI=1S/C21H20O13S/c22-8-16-18(26)19(27)20(34-35(28,29)30)21(33-16)31-11-5-12(24)17-13(25)7-14(32-15(17)6-11)9-1-3-10(23)4-2-9/h1-7,16,18-24,26-27H,8H2,(H,28,29,30)/p-1/t16-,18-,19+,20-,21-/m1/s1. The lowest BCUT2D eigenvalue weighted by atomic mass is 9.99. The summed E-state index contributed by atoms with van der Waals surface area (Å²) in [5, 5.41) is 49.2. The first-order valence-electron chi connectivity index (χ1n) is 10.0. The summed E-state index contributed by atoms with van der Waals surface area (Å²) in [4.78, 5) is 12.6. The molecule has 0 bridgehead atoms. The maximum absolute atomic E-state index is 12.6. The first kappa shape index (κ1) is 24.9. The Morgan fingerprint density at radius 2 is 1.71 bits per heavy atom. The minimum atomic E-state index is -5.39. The van der Waals surface area contributed by atoms with Gasteiger partial charge in [0.1, 0.15) is 52.3 Å². The fourth-order valence-electron chi connectivity index (χ4n) is 3.60. The van der Waals surface area contributed by atoms with Crippen molar-refractivity contribution >= 4 is 21.4 Å². The van der Waals surface area contributed by atoms with Crippen molar-refractivity contribution in [2.75, 3.05) is 6.61 Å². The summed E-state index contributed by atoms with van der Waals surface area (Å²) in [6.07, 6.45) is -9.15. The van der Waals surface area contributed by atoms with Crippen LogP contribution in [0.3, 0.4) is 0 Å². The Hall–Kier alpha value is -3.24. The van der Waals surface area contributed by atoms with Gasteiger partial charge < -0.3 is 44.0 Å². The monoisotopic (exact) mass is 511 g/mol. The second kappa shape index (κ2) is 9.43. The van der Waals surface area contributed by atoms with E-state index in [1.54, 1.807) is 0 Å². The molecule has 13 nitrogen and oxygen atoms in total. The highest BCUT2D eigenvalue weighted by Crippen LogP contribution is 2.34. The molecule has 0 saturated carbocycles. The predicted molar refractivity (Wildman–Crippen MR) is 114 cm³/mol. The minimum absolute atomic E-state index is 0.0111. The average Bonchev–Trinajstić information content (AvgIpc) is 2.78. The third kappa shape index (κ3) is 5.23. The first-order valence-corrected chi connectivity index (χ1v) is 11.3. The van der Waals surface area contributed by atoms with E-state index in [-0.39, 0.29) is 28.2 Å². The Morgan fingerprint density at radius 3 is 2.34 bits per heavy atom. The molecule has 188 valence electrons. The molecule has 1 aliphatic rings. The molecule has 1 aliphatic heterocycles. The molecule has 1 saturated heterocycles. The summed E-state index contributed by atoms with van der Waals surface area (Å²) in [6, 6.07) is 8.97. The number of aliphatic hydroxyl groups is 3. The highest BCUT2D eigenvalue weighted by molar-refractivity contribution is 7.80. The van der Waals surface area contributed by atoms with E-state index in [1.165, 1.54) is 24.3 Å². The zero-order valence-electron chi connectivity index (χ0n) is 17.5. The van der Waals surface area contributed by atoms with Crippen LogP contribution in [0.15, 0.2) is 51.7 Å². The maximum atomic E-state index is 12.6. The zero-order valence-corrected chi connectivity index (χ0v) is 18.4. The Morgan fingerprint density at radius 1 is 1.03 bits per heavy atom. The molecule has 0 amide bonds. The van der Waals surface area contributed by atoms with Gasteiger partial charge in [-0.25, -0.2) is 8.42 Å². The lowest BCUT2D eigenvalue weighted by Crippen LogP contribution is -2.61. The number of phenols is 2. The molecule has 1 fully saturated rings. The van der Waals surface area contributed by atoms with Crippen LogP contribution >= 0.6 is 0 Å². The van der Waals surface area contributed by atoms with Gasteiger partial charge in [-0.15, -0.1) is 0 Å². The van der Waals surface area contributed by atoms with Crippen molar-refractivity contribution in [1.29, 1.82) is 0 Å². The van der Waals surface area contributed by atoms with Crippen LogP contribution in [0.4, 0.5) is 0 Å². The molecule has 3 aromatic rings. The molecule has 1 aromatic heterocycles. The lowest BCUT2D eigenvalue weighted by Gasteiger charge is -2.41. The summed E-state index contributed by atoms with van der Waals surface area (Å²) >= 11 is 0. The van der Waals surface area contributed by atoms with Crippen molar-refractivity contribution in [3.8, 4) is 28.6 Å². The second-order valence-electron chi connectivity index (χ2n) is 7.63. The van der Waals surface area contributed by atoms with Gasteiger partial charge in [0.05, 0.1) is 6.61 Å². The lowest BCUT2D eigenvalue weighted by molar-refractivity contribution is -0.271. The fraction of sp³-hybridized carbons (Fsp3) is 0.286.